The molecule has 1 aromatic heterocycles. The maximum absolute atomic E-state index is 13.7. The molecule has 2 heterocycles. The second-order valence-electron chi connectivity index (χ2n) is 11.4. The van der Waals surface area contributed by atoms with Crippen molar-refractivity contribution < 1.29 is 31.1 Å². The fourth-order valence-corrected chi connectivity index (χ4v) is 7.11. The number of rotatable bonds is 9. The summed E-state index contributed by atoms with van der Waals surface area (Å²) in [6, 6.07) is 3.46. The van der Waals surface area contributed by atoms with Gasteiger partial charge in [0.15, 0.2) is 9.84 Å². The molecule has 1 aliphatic heterocycles. The van der Waals surface area contributed by atoms with Gasteiger partial charge in [-0.05, 0) is 84.5 Å². The highest BCUT2D eigenvalue weighted by molar-refractivity contribution is 7.91. The van der Waals surface area contributed by atoms with Gasteiger partial charge in [-0.2, -0.15) is 0 Å². The Hall–Kier alpha value is -2.67. The average molecular weight is 586 g/mol. The largest absolute Gasteiger partial charge is 0.573 e. The number of nitrogens with one attached hydrogen (secondary N) is 1. The third-order valence-electron chi connectivity index (χ3n) is 8.26. The quantitative estimate of drug-likeness (QED) is 0.466. The number of hydrogen-bond donors (Lipinski definition) is 1. The molecule has 40 heavy (non-hydrogen) atoms. The molecule has 0 unspecified atom stereocenters. The first-order chi connectivity index (χ1) is 18.7. The van der Waals surface area contributed by atoms with Gasteiger partial charge in [-0.15, -0.1) is 13.2 Å². The topological polar surface area (TPSA) is 105 Å². The fourth-order valence-electron chi connectivity index (χ4n) is 5.77. The fraction of sp³-hybridized carbons (Fsp3) is 0.667. The Morgan fingerprint density at radius 3 is 2.52 bits per heavy atom. The maximum atomic E-state index is 13.7. The van der Waals surface area contributed by atoms with Crippen LogP contribution in [0.1, 0.15) is 53.4 Å². The number of sulfone groups is 1. The molecule has 2 aromatic rings. The normalized spacial score (nSPS) is 24.5. The highest BCUT2D eigenvalue weighted by Gasteiger charge is 2.44. The van der Waals surface area contributed by atoms with Crippen molar-refractivity contribution in [2.45, 2.75) is 89.2 Å². The number of carbonyl (C=O) groups excluding carboxylic acids is 1. The lowest BCUT2D eigenvalue weighted by Crippen LogP contribution is -2.52. The number of alkyl halides is 3. The van der Waals surface area contributed by atoms with E-state index in [9.17, 15) is 26.4 Å². The lowest BCUT2D eigenvalue weighted by molar-refractivity contribution is -0.274. The number of benzene rings is 1. The van der Waals surface area contributed by atoms with Gasteiger partial charge in [0, 0.05) is 30.1 Å². The smallest absolute Gasteiger partial charge is 0.406 e. The van der Waals surface area contributed by atoms with Crippen LogP contribution in [0.15, 0.2) is 24.5 Å². The van der Waals surface area contributed by atoms with Crippen LogP contribution in [0.4, 0.5) is 19.0 Å². The number of anilines is 1. The van der Waals surface area contributed by atoms with Crippen LogP contribution in [0.2, 0.25) is 0 Å². The van der Waals surface area contributed by atoms with Gasteiger partial charge in [0.1, 0.15) is 23.9 Å². The summed E-state index contributed by atoms with van der Waals surface area (Å²) < 4.78 is 68.3. The zero-order valence-corrected chi connectivity index (χ0v) is 24.3. The zero-order valence-electron chi connectivity index (χ0n) is 23.5. The van der Waals surface area contributed by atoms with Crippen LogP contribution in [-0.2, 0) is 14.6 Å². The lowest BCUT2D eigenvalue weighted by atomic mass is 9.81. The van der Waals surface area contributed by atoms with Crippen LogP contribution in [-0.4, -0.2) is 89.2 Å². The minimum atomic E-state index is -4.85. The molecular weight excluding hydrogens is 547 g/mol. The summed E-state index contributed by atoms with van der Waals surface area (Å²) in [5.41, 5.74) is 0.404. The Morgan fingerprint density at radius 2 is 1.88 bits per heavy atom. The summed E-state index contributed by atoms with van der Waals surface area (Å²) in [5, 5.41) is 2.91. The van der Waals surface area contributed by atoms with Crippen LogP contribution >= 0.6 is 0 Å². The maximum Gasteiger partial charge on any atom is 0.573 e. The molecule has 1 aliphatic carbocycles. The molecule has 9 nitrogen and oxygen atoms in total. The molecule has 1 saturated heterocycles. The summed E-state index contributed by atoms with van der Waals surface area (Å²) >= 11 is 0. The van der Waals surface area contributed by atoms with E-state index in [1.165, 1.54) is 24.5 Å². The average Bonchev–Trinajstić information content (AvgIpc) is 3.22. The van der Waals surface area contributed by atoms with Gasteiger partial charge < -0.3 is 19.9 Å². The number of nitrogens with zero attached hydrogens (tertiary/aromatic N) is 4. The van der Waals surface area contributed by atoms with Crippen molar-refractivity contribution in [3.63, 3.8) is 0 Å². The van der Waals surface area contributed by atoms with Crippen molar-refractivity contribution in [2.75, 3.05) is 24.7 Å². The first-order valence-electron chi connectivity index (χ1n) is 13.7. The van der Waals surface area contributed by atoms with Gasteiger partial charge in [0.2, 0.25) is 5.91 Å². The first kappa shape index (κ1) is 30.3. The van der Waals surface area contributed by atoms with Gasteiger partial charge in [-0.25, -0.2) is 18.4 Å². The molecule has 0 bridgehead atoms. The third kappa shape index (κ3) is 6.79. The standard InChI is InChI=1S/C27H38F3N5O4S/c1-16(2)34(5)19-6-9-24(18(12-19)14-40(37,38)17(3)4)35-11-10-23(26(35)36)33-25-21-13-20(39-27(28,29)30)7-8-22(21)31-15-32-25/h7-8,13,15-19,23-24H,6,9-12,14H2,1-5H3,(H,31,32,33)/t18-,19-,23+,24+/m1/s1. The van der Waals surface area contributed by atoms with E-state index in [0.29, 0.717) is 42.8 Å². The highest BCUT2D eigenvalue weighted by Crippen LogP contribution is 2.36. The molecular formula is C27H38F3N5O4S. The van der Waals surface area contributed by atoms with Crippen molar-refractivity contribution in [1.29, 1.82) is 0 Å². The Labute approximate surface area is 233 Å². The number of likely N-dealkylation sites (tertiary alicyclic amines) is 1. The molecule has 2 fully saturated rings. The highest BCUT2D eigenvalue weighted by atomic mass is 32.2. The molecule has 4 atom stereocenters. The molecule has 0 spiro atoms. The van der Waals surface area contributed by atoms with Crippen LogP contribution in [0, 0.1) is 5.92 Å². The van der Waals surface area contributed by atoms with Gasteiger partial charge in [0.25, 0.3) is 0 Å². The summed E-state index contributed by atoms with van der Waals surface area (Å²) in [6.07, 6.45) is -0.859. The Kier molecular flexibility index (Phi) is 8.84. The SMILES string of the molecule is CC(C)N(C)[C@@H]1CC[C@H](N2CC[C@H](Nc3ncnc4ccc(OC(F)(F)F)cc34)C2=O)[C@@H](CS(=O)(=O)C(C)C)C1. The molecule has 0 radical (unpaired) electrons. The molecule has 1 amide bonds. The van der Waals surface area contributed by atoms with E-state index in [1.807, 2.05) is 0 Å². The second-order valence-corrected chi connectivity index (χ2v) is 14.0. The number of hydrogen-bond acceptors (Lipinski definition) is 8. The van der Waals surface area contributed by atoms with Crippen LogP contribution in [0.25, 0.3) is 10.9 Å². The number of carbonyl (C=O) groups is 1. The van der Waals surface area contributed by atoms with Crippen LogP contribution in [0.3, 0.4) is 0 Å². The molecule has 222 valence electrons. The minimum absolute atomic E-state index is 0.0260. The molecule has 4 rings (SSSR count). The predicted octanol–water partition coefficient (Wildman–Crippen LogP) is 4.24. The molecule has 2 aliphatic rings. The van der Waals surface area contributed by atoms with Crippen LogP contribution in [0.5, 0.6) is 5.75 Å². The third-order valence-corrected chi connectivity index (χ3v) is 10.6. The van der Waals surface area contributed by atoms with E-state index < -0.39 is 33.2 Å². The van der Waals surface area contributed by atoms with E-state index >= 15 is 0 Å². The zero-order chi connectivity index (χ0) is 29.4. The summed E-state index contributed by atoms with van der Waals surface area (Å²) in [6.45, 7) is 8.05. The Bertz CT molecular complexity index is 1320. The van der Waals surface area contributed by atoms with Crippen LogP contribution < -0.4 is 10.1 Å². The van der Waals surface area contributed by atoms with E-state index in [4.69, 9.17) is 0 Å². The number of fused-ring (bicyclic) bond motifs is 1. The van der Waals surface area contributed by atoms with Crippen molar-refractivity contribution in [2.24, 2.45) is 5.92 Å². The lowest BCUT2D eigenvalue weighted by Gasteiger charge is -2.44. The Balaban J connectivity index is 1.54. The van der Waals surface area contributed by atoms with Gasteiger partial charge in [-0.1, -0.05) is 0 Å². The van der Waals surface area contributed by atoms with Crippen molar-refractivity contribution in [3.05, 3.63) is 24.5 Å². The van der Waals surface area contributed by atoms with E-state index in [-0.39, 0.29) is 35.5 Å². The van der Waals surface area contributed by atoms with E-state index in [1.54, 1.807) is 18.7 Å². The number of halogens is 3. The Morgan fingerprint density at radius 1 is 1.15 bits per heavy atom. The molecule has 1 N–H and O–H groups in total. The van der Waals surface area contributed by atoms with Crippen molar-refractivity contribution in [3.8, 4) is 5.75 Å². The summed E-state index contributed by atoms with van der Waals surface area (Å²) in [7, 11) is -1.27. The van der Waals surface area contributed by atoms with Crippen molar-refractivity contribution >= 4 is 32.5 Å². The minimum Gasteiger partial charge on any atom is -0.406 e. The van der Waals surface area contributed by atoms with Gasteiger partial charge >= 0.3 is 6.36 Å². The summed E-state index contributed by atoms with van der Waals surface area (Å²) in [5.74, 6) is -0.509. The first-order valence-corrected chi connectivity index (χ1v) is 15.4. The summed E-state index contributed by atoms with van der Waals surface area (Å²) in [4.78, 5) is 26.0. The van der Waals surface area contributed by atoms with Gasteiger partial charge in [-0.3, -0.25) is 4.79 Å². The predicted molar refractivity (Wildman–Crippen MR) is 147 cm³/mol. The van der Waals surface area contributed by atoms with Crippen molar-refractivity contribution in [1.82, 2.24) is 19.8 Å². The van der Waals surface area contributed by atoms with E-state index in [0.717, 1.165) is 6.42 Å². The number of ether oxygens (including phenoxy) is 1. The monoisotopic (exact) mass is 585 g/mol. The van der Waals surface area contributed by atoms with Gasteiger partial charge in [0.05, 0.1) is 16.5 Å². The second kappa shape index (κ2) is 11.7. The molecule has 1 aromatic carbocycles. The van der Waals surface area contributed by atoms with E-state index in [2.05, 4.69) is 45.8 Å². The molecule has 1 saturated carbocycles. The number of aromatic nitrogens is 2. The molecule has 13 heteroatoms. The number of amides is 1.